The highest BCUT2D eigenvalue weighted by Gasteiger charge is 2.41. The van der Waals surface area contributed by atoms with Gasteiger partial charge < -0.3 is 19.2 Å². The molecular formula is C23H28N4O4. The molecule has 8 heteroatoms. The van der Waals surface area contributed by atoms with Gasteiger partial charge in [-0.05, 0) is 32.3 Å². The fourth-order valence-corrected chi connectivity index (χ4v) is 4.45. The number of benzene rings is 1. The molecule has 1 aromatic carbocycles. The Bertz CT molecular complexity index is 952. The lowest BCUT2D eigenvalue weighted by Gasteiger charge is -2.40. The van der Waals surface area contributed by atoms with Crippen LogP contribution in [0.5, 0.6) is 0 Å². The number of piperazine rings is 1. The van der Waals surface area contributed by atoms with Crippen molar-refractivity contribution in [2.75, 3.05) is 26.2 Å². The number of nitrogens with zero attached hydrogens (tertiary/aromatic N) is 4. The van der Waals surface area contributed by atoms with E-state index in [9.17, 15) is 14.4 Å². The fraction of sp³-hybridized carbons (Fsp3) is 0.478. The third-order valence-corrected chi connectivity index (χ3v) is 6.18. The van der Waals surface area contributed by atoms with Gasteiger partial charge in [-0.25, -0.2) is 0 Å². The van der Waals surface area contributed by atoms with E-state index < -0.39 is 6.04 Å². The smallest absolute Gasteiger partial charge is 0.247 e. The van der Waals surface area contributed by atoms with Crippen LogP contribution in [-0.4, -0.2) is 69.8 Å². The number of fused-ring (bicyclic) bond motifs is 1. The summed E-state index contributed by atoms with van der Waals surface area (Å²) >= 11 is 0. The van der Waals surface area contributed by atoms with Crippen molar-refractivity contribution < 1.29 is 18.9 Å². The van der Waals surface area contributed by atoms with Gasteiger partial charge in [0.15, 0.2) is 0 Å². The van der Waals surface area contributed by atoms with E-state index in [4.69, 9.17) is 4.52 Å². The van der Waals surface area contributed by atoms with Gasteiger partial charge in [0, 0.05) is 31.6 Å². The lowest BCUT2D eigenvalue weighted by Crippen LogP contribution is -2.61. The summed E-state index contributed by atoms with van der Waals surface area (Å²) in [4.78, 5) is 44.0. The summed E-state index contributed by atoms with van der Waals surface area (Å²) in [6.07, 6.45) is 1.55. The second-order valence-corrected chi connectivity index (χ2v) is 8.28. The minimum Gasteiger partial charge on any atom is -0.361 e. The average Bonchev–Trinajstić information content (AvgIpc) is 2.95. The molecule has 1 unspecified atom stereocenters. The zero-order valence-electron chi connectivity index (χ0n) is 18.0. The third-order valence-electron chi connectivity index (χ3n) is 6.18. The summed E-state index contributed by atoms with van der Waals surface area (Å²) in [6.45, 7) is 5.50. The lowest BCUT2D eigenvalue weighted by molar-refractivity contribution is -0.157. The van der Waals surface area contributed by atoms with E-state index in [0.29, 0.717) is 38.9 Å². The number of rotatable bonds is 5. The molecule has 2 fully saturated rings. The maximum absolute atomic E-state index is 13.2. The molecule has 2 aliphatic heterocycles. The lowest BCUT2D eigenvalue weighted by atomic mass is 10.1. The van der Waals surface area contributed by atoms with E-state index in [0.717, 1.165) is 22.6 Å². The first kappa shape index (κ1) is 21.1. The predicted molar refractivity (Wildman–Crippen MR) is 113 cm³/mol. The van der Waals surface area contributed by atoms with Crippen molar-refractivity contribution in [3.8, 4) is 0 Å². The van der Waals surface area contributed by atoms with Gasteiger partial charge in [-0.3, -0.25) is 14.4 Å². The van der Waals surface area contributed by atoms with Crippen LogP contribution in [-0.2, 0) is 27.3 Å². The van der Waals surface area contributed by atoms with Crippen LogP contribution in [0.4, 0.5) is 0 Å². The number of carbonyl (C=O) groups excluding carboxylic acids is 3. The Hall–Kier alpha value is -3.16. The topological polar surface area (TPSA) is 87.0 Å². The van der Waals surface area contributed by atoms with Crippen LogP contribution >= 0.6 is 0 Å². The summed E-state index contributed by atoms with van der Waals surface area (Å²) in [7, 11) is 0. The first-order valence-electron chi connectivity index (χ1n) is 10.8. The molecule has 0 radical (unpaired) electrons. The van der Waals surface area contributed by atoms with E-state index in [-0.39, 0.29) is 30.8 Å². The van der Waals surface area contributed by atoms with Gasteiger partial charge in [0.2, 0.25) is 17.7 Å². The monoisotopic (exact) mass is 424 g/mol. The van der Waals surface area contributed by atoms with E-state index in [1.807, 2.05) is 44.2 Å². The van der Waals surface area contributed by atoms with Crippen LogP contribution in [0.15, 0.2) is 34.9 Å². The Kier molecular flexibility index (Phi) is 6.06. The fourth-order valence-electron chi connectivity index (χ4n) is 4.45. The number of hydrogen-bond acceptors (Lipinski definition) is 5. The second kappa shape index (κ2) is 8.91. The maximum Gasteiger partial charge on any atom is 0.247 e. The summed E-state index contributed by atoms with van der Waals surface area (Å²) < 4.78 is 5.18. The van der Waals surface area contributed by atoms with Crippen LogP contribution in [0.1, 0.15) is 35.4 Å². The Balaban J connectivity index is 1.44. The van der Waals surface area contributed by atoms with Crippen molar-refractivity contribution in [3.63, 3.8) is 0 Å². The van der Waals surface area contributed by atoms with E-state index in [1.165, 1.54) is 0 Å². The molecule has 3 amide bonds. The maximum atomic E-state index is 13.2. The van der Waals surface area contributed by atoms with Gasteiger partial charge in [-0.15, -0.1) is 0 Å². The molecule has 2 aromatic rings. The number of carbonyl (C=O) groups is 3. The Morgan fingerprint density at radius 3 is 2.65 bits per heavy atom. The van der Waals surface area contributed by atoms with Gasteiger partial charge in [0.25, 0.3) is 0 Å². The van der Waals surface area contributed by atoms with E-state index in [2.05, 4.69) is 5.16 Å². The van der Waals surface area contributed by atoms with E-state index >= 15 is 0 Å². The van der Waals surface area contributed by atoms with Crippen molar-refractivity contribution in [1.29, 1.82) is 0 Å². The highest BCUT2D eigenvalue weighted by Crippen LogP contribution is 2.21. The zero-order chi connectivity index (χ0) is 22.0. The number of aromatic nitrogens is 1. The van der Waals surface area contributed by atoms with Gasteiger partial charge in [-0.2, -0.15) is 0 Å². The molecule has 0 saturated carbocycles. The molecule has 164 valence electrons. The molecule has 1 aromatic heterocycles. The zero-order valence-corrected chi connectivity index (χ0v) is 18.0. The predicted octanol–water partition coefficient (Wildman–Crippen LogP) is 1.70. The van der Waals surface area contributed by atoms with Gasteiger partial charge >= 0.3 is 0 Å². The first-order chi connectivity index (χ1) is 14.9. The molecule has 2 aliphatic rings. The van der Waals surface area contributed by atoms with Crippen molar-refractivity contribution in [2.45, 2.75) is 45.7 Å². The largest absolute Gasteiger partial charge is 0.361 e. The molecule has 4 rings (SSSR count). The third kappa shape index (κ3) is 4.47. The minimum atomic E-state index is -0.615. The van der Waals surface area contributed by atoms with Crippen molar-refractivity contribution >= 4 is 17.7 Å². The molecule has 3 heterocycles. The van der Waals surface area contributed by atoms with Crippen LogP contribution in [0, 0.1) is 13.8 Å². The highest BCUT2D eigenvalue weighted by atomic mass is 16.5. The Labute approximate surface area is 181 Å². The number of amides is 3. The normalized spacial score (nSPS) is 19.4. The minimum absolute atomic E-state index is 0.0118. The second-order valence-electron chi connectivity index (χ2n) is 8.28. The first-order valence-corrected chi connectivity index (χ1v) is 10.8. The highest BCUT2D eigenvalue weighted by molar-refractivity contribution is 5.95. The van der Waals surface area contributed by atoms with Crippen LogP contribution in [0.2, 0.25) is 0 Å². The van der Waals surface area contributed by atoms with Crippen LogP contribution < -0.4 is 0 Å². The summed E-state index contributed by atoms with van der Waals surface area (Å²) in [6, 6.07) is 9.04. The average molecular weight is 425 g/mol. The summed E-state index contributed by atoms with van der Waals surface area (Å²) in [5.74, 6) is 0.582. The van der Waals surface area contributed by atoms with Gasteiger partial charge in [0.05, 0.1) is 12.2 Å². The number of aryl methyl sites for hydroxylation is 2. The molecule has 0 aliphatic carbocycles. The molecule has 0 bridgehead atoms. The molecule has 31 heavy (non-hydrogen) atoms. The molecular weight excluding hydrogens is 396 g/mol. The molecule has 0 spiro atoms. The quantitative estimate of drug-likeness (QED) is 0.729. The van der Waals surface area contributed by atoms with Gasteiger partial charge in [-0.1, -0.05) is 35.5 Å². The molecule has 2 saturated heterocycles. The van der Waals surface area contributed by atoms with Crippen molar-refractivity contribution in [3.05, 3.63) is 52.9 Å². The molecule has 1 atom stereocenters. The number of hydrogen-bond donors (Lipinski definition) is 0. The Morgan fingerprint density at radius 2 is 1.94 bits per heavy atom. The van der Waals surface area contributed by atoms with Crippen molar-refractivity contribution in [1.82, 2.24) is 19.9 Å². The van der Waals surface area contributed by atoms with Crippen molar-refractivity contribution in [2.24, 2.45) is 0 Å². The summed E-state index contributed by atoms with van der Waals surface area (Å²) in [5.41, 5.74) is 2.75. The summed E-state index contributed by atoms with van der Waals surface area (Å²) in [5, 5.41) is 3.94. The molecule has 8 nitrogen and oxygen atoms in total. The standard InChI is InChI=1S/C23H28N4O4/c1-16-19(17(2)31-24-16)9-10-21(28)25-11-6-12-27-20(14-25)23(30)26(15-22(27)29)13-18-7-4-3-5-8-18/h3-5,7-8,20H,6,9-15H2,1-2H3. The van der Waals surface area contributed by atoms with Gasteiger partial charge in [0.1, 0.15) is 18.3 Å². The van der Waals surface area contributed by atoms with E-state index in [1.54, 1.807) is 14.7 Å². The Morgan fingerprint density at radius 1 is 1.16 bits per heavy atom. The van der Waals surface area contributed by atoms with Crippen LogP contribution in [0.3, 0.4) is 0 Å². The SMILES string of the molecule is Cc1noc(C)c1CCC(=O)N1CCCN2C(=O)CN(Cc3ccccc3)C(=O)C2C1. The molecule has 0 N–H and O–H groups in total. The van der Waals surface area contributed by atoms with Crippen LogP contribution in [0.25, 0.3) is 0 Å².